The standard InChI is InChI=1S/C25H34N2O3/c1-6-20(5)26-25(29)23(7-2)27(16-21-12-8-18(3)9-13-21)24(28)17-30-22-14-10-19(4)11-15-22/h8-15,20,23H,6-7,16-17H2,1-5H3,(H,26,29)/t20-,23+/m0/s1. The second-order valence-electron chi connectivity index (χ2n) is 7.85. The highest BCUT2D eigenvalue weighted by molar-refractivity contribution is 5.88. The Morgan fingerprint density at radius 3 is 2.03 bits per heavy atom. The fourth-order valence-electron chi connectivity index (χ4n) is 3.11. The maximum absolute atomic E-state index is 13.1. The minimum absolute atomic E-state index is 0.0617. The summed E-state index contributed by atoms with van der Waals surface area (Å²) in [7, 11) is 0. The van der Waals surface area contributed by atoms with Crippen molar-refractivity contribution in [2.75, 3.05) is 6.61 Å². The van der Waals surface area contributed by atoms with Crippen LogP contribution in [0.5, 0.6) is 5.75 Å². The quantitative estimate of drug-likeness (QED) is 0.631. The molecule has 0 fully saturated rings. The van der Waals surface area contributed by atoms with Crippen LogP contribution in [-0.2, 0) is 16.1 Å². The summed E-state index contributed by atoms with van der Waals surface area (Å²) in [6.45, 7) is 10.2. The summed E-state index contributed by atoms with van der Waals surface area (Å²) >= 11 is 0. The molecule has 0 saturated carbocycles. The second kappa shape index (κ2) is 11.4. The summed E-state index contributed by atoms with van der Waals surface area (Å²) in [5, 5.41) is 3.02. The molecule has 30 heavy (non-hydrogen) atoms. The molecule has 0 aliphatic rings. The van der Waals surface area contributed by atoms with Crippen molar-refractivity contribution in [3.8, 4) is 5.75 Å². The van der Waals surface area contributed by atoms with Crippen molar-refractivity contribution < 1.29 is 14.3 Å². The molecule has 5 heteroatoms. The summed E-state index contributed by atoms with van der Waals surface area (Å²) in [6, 6.07) is 15.1. The monoisotopic (exact) mass is 410 g/mol. The molecule has 0 unspecified atom stereocenters. The lowest BCUT2D eigenvalue weighted by atomic mass is 10.1. The van der Waals surface area contributed by atoms with Crippen LogP contribution in [0.2, 0.25) is 0 Å². The summed E-state index contributed by atoms with van der Waals surface area (Å²) in [5.41, 5.74) is 3.27. The zero-order valence-corrected chi connectivity index (χ0v) is 18.8. The van der Waals surface area contributed by atoms with E-state index in [9.17, 15) is 9.59 Å². The van der Waals surface area contributed by atoms with Crippen LogP contribution < -0.4 is 10.1 Å². The predicted molar refractivity (Wildman–Crippen MR) is 120 cm³/mol. The van der Waals surface area contributed by atoms with Gasteiger partial charge in [0, 0.05) is 12.6 Å². The molecule has 2 amide bonds. The first-order chi connectivity index (χ1) is 14.3. The molecule has 2 aromatic rings. The van der Waals surface area contributed by atoms with Crippen LogP contribution in [0, 0.1) is 13.8 Å². The molecule has 0 aliphatic carbocycles. The van der Waals surface area contributed by atoms with E-state index in [1.165, 1.54) is 0 Å². The molecule has 2 aromatic carbocycles. The summed E-state index contributed by atoms with van der Waals surface area (Å²) < 4.78 is 5.71. The zero-order chi connectivity index (χ0) is 22.1. The Kier molecular flexibility index (Phi) is 8.90. The van der Waals surface area contributed by atoms with Gasteiger partial charge < -0.3 is 15.0 Å². The number of ether oxygens (including phenoxy) is 1. The average molecular weight is 411 g/mol. The van der Waals surface area contributed by atoms with E-state index < -0.39 is 6.04 Å². The van der Waals surface area contributed by atoms with E-state index in [1.807, 2.05) is 83.1 Å². The van der Waals surface area contributed by atoms with Gasteiger partial charge in [-0.25, -0.2) is 0 Å². The van der Waals surface area contributed by atoms with Gasteiger partial charge in [0.2, 0.25) is 5.91 Å². The molecule has 0 aliphatic heterocycles. The molecule has 1 N–H and O–H groups in total. The van der Waals surface area contributed by atoms with E-state index in [2.05, 4.69) is 5.32 Å². The lowest BCUT2D eigenvalue weighted by Crippen LogP contribution is -2.51. The van der Waals surface area contributed by atoms with E-state index in [0.717, 1.165) is 23.1 Å². The Bertz CT molecular complexity index is 815. The van der Waals surface area contributed by atoms with E-state index >= 15 is 0 Å². The van der Waals surface area contributed by atoms with Crippen LogP contribution in [0.15, 0.2) is 48.5 Å². The van der Waals surface area contributed by atoms with Crippen LogP contribution in [0.3, 0.4) is 0 Å². The van der Waals surface area contributed by atoms with Gasteiger partial charge in [0.05, 0.1) is 0 Å². The predicted octanol–water partition coefficient (Wildman–Crippen LogP) is 4.40. The first-order valence-corrected chi connectivity index (χ1v) is 10.7. The van der Waals surface area contributed by atoms with Gasteiger partial charge in [0.15, 0.2) is 6.61 Å². The van der Waals surface area contributed by atoms with Crippen molar-refractivity contribution >= 4 is 11.8 Å². The number of nitrogens with zero attached hydrogens (tertiary/aromatic N) is 1. The lowest BCUT2D eigenvalue weighted by Gasteiger charge is -2.31. The fraction of sp³-hybridized carbons (Fsp3) is 0.440. The molecule has 0 heterocycles. The van der Waals surface area contributed by atoms with Gasteiger partial charge in [-0.3, -0.25) is 9.59 Å². The Labute approximate surface area is 180 Å². The van der Waals surface area contributed by atoms with Crippen LogP contribution in [0.4, 0.5) is 0 Å². The molecule has 162 valence electrons. The van der Waals surface area contributed by atoms with Crippen molar-refractivity contribution in [1.82, 2.24) is 10.2 Å². The number of carbonyl (C=O) groups excluding carboxylic acids is 2. The third kappa shape index (κ3) is 6.90. The molecule has 0 bridgehead atoms. The van der Waals surface area contributed by atoms with E-state index in [1.54, 1.807) is 4.90 Å². The van der Waals surface area contributed by atoms with Crippen LogP contribution in [0.1, 0.15) is 50.3 Å². The molecule has 0 spiro atoms. The van der Waals surface area contributed by atoms with Crippen molar-refractivity contribution in [3.63, 3.8) is 0 Å². The Balaban J connectivity index is 2.19. The van der Waals surface area contributed by atoms with Crippen molar-refractivity contribution in [2.45, 2.75) is 66.1 Å². The highest BCUT2D eigenvalue weighted by atomic mass is 16.5. The SMILES string of the molecule is CC[C@H](C(=O)N[C@@H](C)CC)N(Cc1ccc(C)cc1)C(=O)COc1ccc(C)cc1. The molecule has 2 atom stereocenters. The lowest BCUT2D eigenvalue weighted by molar-refractivity contribution is -0.143. The molecular formula is C25H34N2O3. The smallest absolute Gasteiger partial charge is 0.261 e. The van der Waals surface area contributed by atoms with Gasteiger partial charge in [0.1, 0.15) is 11.8 Å². The summed E-state index contributed by atoms with van der Waals surface area (Å²) in [5.74, 6) is 0.311. The van der Waals surface area contributed by atoms with Gasteiger partial charge in [-0.2, -0.15) is 0 Å². The highest BCUT2D eigenvalue weighted by Crippen LogP contribution is 2.16. The van der Waals surface area contributed by atoms with Gasteiger partial charge in [-0.1, -0.05) is 61.4 Å². The summed E-state index contributed by atoms with van der Waals surface area (Å²) in [4.78, 5) is 27.7. The molecule has 0 saturated heterocycles. The number of rotatable bonds is 10. The van der Waals surface area contributed by atoms with Gasteiger partial charge >= 0.3 is 0 Å². The second-order valence-corrected chi connectivity index (χ2v) is 7.85. The number of hydrogen-bond acceptors (Lipinski definition) is 3. The maximum Gasteiger partial charge on any atom is 0.261 e. The minimum atomic E-state index is -0.547. The Morgan fingerprint density at radius 1 is 0.933 bits per heavy atom. The largest absolute Gasteiger partial charge is 0.484 e. The van der Waals surface area contributed by atoms with E-state index in [0.29, 0.717) is 18.7 Å². The molecular weight excluding hydrogens is 376 g/mol. The number of nitrogens with one attached hydrogen (secondary N) is 1. The average Bonchev–Trinajstić information content (AvgIpc) is 2.74. The normalized spacial score (nSPS) is 12.7. The third-order valence-electron chi connectivity index (χ3n) is 5.24. The van der Waals surface area contributed by atoms with E-state index in [-0.39, 0.29) is 24.5 Å². The minimum Gasteiger partial charge on any atom is -0.484 e. The first-order valence-electron chi connectivity index (χ1n) is 10.7. The van der Waals surface area contributed by atoms with Crippen molar-refractivity contribution in [3.05, 3.63) is 65.2 Å². The van der Waals surface area contributed by atoms with Crippen LogP contribution in [-0.4, -0.2) is 35.4 Å². The Hall–Kier alpha value is -2.82. The number of amides is 2. The van der Waals surface area contributed by atoms with Gasteiger partial charge in [0.25, 0.3) is 5.91 Å². The van der Waals surface area contributed by atoms with Crippen LogP contribution in [0.25, 0.3) is 0 Å². The number of carbonyl (C=O) groups is 2. The number of aryl methyl sites for hydroxylation is 2. The van der Waals surface area contributed by atoms with Gasteiger partial charge in [-0.15, -0.1) is 0 Å². The maximum atomic E-state index is 13.1. The fourth-order valence-corrected chi connectivity index (χ4v) is 3.11. The molecule has 0 radical (unpaired) electrons. The van der Waals surface area contributed by atoms with Crippen molar-refractivity contribution in [2.24, 2.45) is 0 Å². The topological polar surface area (TPSA) is 58.6 Å². The molecule has 0 aromatic heterocycles. The molecule has 5 nitrogen and oxygen atoms in total. The van der Waals surface area contributed by atoms with Gasteiger partial charge in [-0.05, 0) is 51.3 Å². The number of benzene rings is 2. The van der Waals surface area contributed by atoms with Crippen molar-refractivity contribution in [1.29, 1.82) is 0 Å². The highest BCUT2D eigenvalue weighted by Gasteiger charge is 2.29. The summed E-state index contributed by atoms with van der Waals surface area (Å²) in [6.07, 6.45) is 1.37. The Morgan fingerprint density at radius 2 is 1.50 bits per heavy atom. The first kappa shape index (κ1) is 23.5. The number of hydrogen-bond donors (Lipinski definition) is 1. The molecule has 2 rings (SSSR count). The zero-order valence-electron chi connectivity index (χ0n) is 18.8. The van der Waals surface area contributed by atoms with E-state index in [4.69, 9.17) is 4.74 Å². The van der Waals surface area contributed by atoms with Crippen LogP contribution >= 0.6 is 0 Å². The third-order valence-corrected chi connectivity index (χ3v) is 5.24.